The molecule has 1 aliphatic heterocycles. The van der Waals surface area contributed by atoms with Gasteiger partial charge in [0.1, 0.15) is 18.5 Å². The monoisotopic (exact) mass is 370 g/mol. The van der Waals surface area contributed by atoms with Crippen molar-refractivity contribution in [3.05, 3.63) is 54.1 Å². The normalized spacial score (nSPS) is 14.9. The highest BCUT2D eigenvalue weighted by molar-refractivity contribution is 5.97. The summed E-state index contributed by atoms with van der Waals surface area (Å²) < 4.78 is 16.6. The third-order valence-corrected chi connectivity index (χ3v) is 4.08. The Kier molecular flexibility index (Phi) is 6.14. The summed E-state index contributed by atoms with van der Waals surface area (Å²) in [6.45, 7) is 0.947. The standard InChI is InChI=1S/C20H22N2O5/c1-25-16-7-3-2-6-15(16)20(24)21-11-10-19(23)22-12-14-13-26-17-8-4-5-9-18(17)27-14/h2-9,14H,10-13H2,1H3,(H,21,24)(H,22,23)/t14-/m1/s1. The molecule has 0 saturated carbocycles. The molecule has 2 amide bonds. The predicted octanol–water partition coefficient (Wildman–Crippen LogP) is 1.77. The second kappa shape index (κ2) is 8.93. The molecule has 0 saturated heterocycles. The summed E-state index contributed by atoms with van der Waals surface area (Å²) in [7, 11) is 1.51. The lowest BCUT2D eigenvalue weighted by atomic mass is 10.2. The molecule has 7 heteroatoms. The average Bonchev–Trinajstić information content (AvgIpc) is 2.72. The van der Waals surface area contributed by atoms with Crippen LogP contribution < -0.4 is 24.8 Å². The topological polar surface area (TPSA) is 85.9 Å². The third-order valence-electron chi connectivity index (χ3n) is 4.08. The van der Waals surface area contributed by atoms with E-state index in [4.69, 9.17) is 14.2 Å². The van der Waals surface area contributed by atoms with Crippen LogP contribution in [-0.2, 0) is 4.79 Å². The SMILES string of the molecule is COc1ccccc1C(=O)NCCC(=O)NC[C@@H]1COc2ccccc2O1. The molecule has 3 rings (SSSR count). The van der Waals surface area contributed by atoms with E-state index < -0.39 is 0 Å². The van der Waals surface area contributed by atoms with Crippen molar-refractivity contribution in [2.24, 2.45) is 0 Å². The van der Waals surface area contributed by atoms with Crippen molar-refractivity contribution in [3.63, 3.8) is 0 Å². The zero-order valence-corrected chi connectivity index (χ0v) is 15.1. The maximum atomic E-state index is 12.2. The molecule has 7 nitrogen and oxygen atoms in total. The Bertz CT molecular complexity index is 808. The first-order chi connectivity index (χ1) is 13.2. The number of hydrogen-bond donors (Lipinski definition) is 2. The van der Waals surface area contributed by atoms with E-state index in [9.17, 15) is 9.59 Å². The van der Waals surface area contributed by atoms with Crippen LogP contribution in [-0.4, -0.2) is 44.7 Å². The minimum absolute atomic E-state index is 0.169. The first-order valence-electron chi connectivity index (χ1n) is 8.74. The Morgan fingerprint density at radius 3 is 2.63 bits per heavy atom. The Morgan fingerprint density at radius 2 is 1.81 bits per heavy atom. The minimum Gasteiger partial charge on any atom is -0.496 e. The Balaban J connectivity index is 1.38. The molecule has 142 valence electrons. The molecule has 2 aromatic carbocycles. The molecule has 1 heterocycles. The third kappa shape index (κ3) is 4.91. The van der Waals surface area contributed by atoms with Crippen LogP contribution in [0.1, 0.15) is 16.8 Å². The zero-order valence-electron chi connectivity index (χ0n) is 15.1. The number of carbonyl (C=O) groups excluding carboxylic acids is 2. The second-order valence-corrected chi connectivity index (χ2v) is 6.01. The molecule has 0 bridgehead atoms. The molecule has 0 aliphatic carbocycles. The van der Waals surface area contributed by atoms with Gasteiger partial charge in [-0.25, -0.2) is 0 Å². The van der Waals surface area contributed by atoms with E-state index >= 15 is 0 Å². The highest BCUT2D eigenvalue weighted by atomic mass is 16.6. The molecule has 0 radical (unpaired) electrons. The van der Waals surface area contributed by atoms with Crippen LogP contribution in [0.4, 0.5) is 0 Å². The van der Waals surface area contributed by atoms with Gasteiger partial charge in [-0.1, -0.05) is 24.3 Å². The molecule has 0 aromatic heterocycles. The van der Waals surface area contributed by atoms with E-state index in [2.05, 4.69) is 10.6 Å². The number of carbonyl (C=O) groups is 2. The number of benzene rings is 2. The first-order valence-corrected chi connectivity index (χ1v) is 8.74. The minimum atomic E-state index is -0.277. The van der Waals surface area contributed by atoms with Crippen molar-refractivity contribution in [2.45, 2.75) is 12.5 Å². The van der Waals surface area contributed by atoms with Crippen LogP contribution in [0.2, 0.25) is 0 Å². The van der Waals surface area contributed by atoms with Gasteiger partial charge in [-0.15, -0.1) is 0 Å². The molecule has 0 spiro atoms. The van der Waals surface area contributed by atoms with E-state index in [1.807, 2.05) is 24.3 Å². The molecule has 2 N–H and O–H groups in total. The quantitative estimate of drug-likeness (QED) is 0.776. The Morgan fingerprint density at radius 1 is 1.07 bits per heavy atom. The average molecular weight is 370 g/mol. The van der Waals surface area contributed by atoms with E-state index in [0.29, 0.717) is 36.0 Å². The number of fused-ring (bicyclic) bond motifs is 1. The maximum absolute atomic E-state index is 12.2. The van der Waals surface area contributed by atoms with Crippen LogP contribution in [0.15, 0.2) is 48.5 Å². The summed E-state index contributed by atoms with van der Waals surface area (Å²) in [5.74, 6) is 1.43. The fourth-order valence-electron chi connectivity index (χ4n) is 2.70. The summed E-state index contributed by atoms with van der Waals surface area (Å²) in [5, 5.41) is 5.52. The lowest BCUT2D eigenvalue weighted by Crippen LogP contribution is -2.41. The van der Waals surface area contributed by atoms with Gasteiger partial charge in [-0.2, -0.15) is 0 Å². The number of methoxy groups -OCH3 is 1. The fraction of sp³-hybridized carbons (Fsp3) is 0.300. The van der Waals surface area contributed by atoms with Gasteiger partial charge < -0.3 is 24.8 Å². The number of para-hydroxylation sites is 3. The van der Waals surface area contributed by atoms with Crippen LogP contribution in [0.25, 0.3) is 0 Å². The summed E-state index contributed by atoms with van der Waals surface area (Å²) in [6, 6.07) is 14.4. The molecule has 27 heavy (non-hydrogen) atoms. The number of ether oxygens (including phenoxy) is 3. The summed E-state index contributed by atoms with van der Waals surface area (Å²) >= 11 is 0. The largest absolute Gasteiger partial charge is 0.496 e. The Labute approximate surface area is 157 Å². The van der Waals surface area contributed by atoms with E-state index in [1.54, 1.807) is 24.3 Å². The van der Waals surface area contributed by atoms with Gasteiger partial charge in [0.2, 0.25) is 5.91 Å². The van der Waals surface area contributed by atoms with Gasteiger partial charge in [0.25, 0.3) is 5.91 Å². The van der Waals surface area contributed by atoms with Gasteiger partial charge in [0.05, 0.1) is 19.2 Å². The van der Waals surface area contributed by atoms with Crippen LogP contribution >= 0.6 is 0 Å². The fourth-order valence-corrected chi connectivity index (χ4v) is 2.70. The van der Waals surface area contributed by atoms with Gasteiger partial charge >= 0.3 is 0 Å². The van der Waals surface area contributed by atoms with E-state index in [1.165, 1.54) is 7.11 Å². The molecular formula is C20H22N2O5. The molecule has 0 fully saturated rings. The van der Waals surface area contributed by atoms with Crippen LogP contribution in [0.3, 0.4) is 0 Å². The Hall–Kier alpha value is -3.22. The predicted molar refractivity (Wildman–Crippen MR) is 99.3 cm³/mol. The van der Waals surface area contributed by atoms with Crippen molar-refractivity contribution >= 4 is 11.8 Å². The van der Waals surface area contributed by atoms with Gasteiger partial charge in [-0.05, 0) is 24.3 Å². The van der Waals surface area contributed by atoms with Crippen molar-refractivity contribution in [3.8, 4) is 17.2 Å². The van der Waals surface area contributed by atoms with Crippen molar-refractivity contribution < 1.29 is 23.8 Å². The summed E-state index contributed by atoms with van der Waals surface area (Å²) in [6.07, 6.45) is -0.0718. The van der Waals surface area contributed by atoms with Crippen molar-refractivity contribution in [1.82, 2.24) is 10.6 Å². The highest BCUT2D eigenvalue weighted by Crippen LogP contribution is 2.30. The summed E-state index contributed by atoms with van der Waals surface area (Å²) in [4.78, 5) is 24.2. The summed E-state index contributed by atoms with van der Waals surface area (Å²) in [5.41, 5.74) is 0.437. The number of rotatable bonds is 7. The van der Waals surface area contributed by atoms with Gasteiger partial charge in [-0.3, -0.25) is 9.59 Å². The first kappa shape index (κ1) is 18.6. The molecule has 1 atom stereocenters. The number of hydrogen-bond acceptors (Lipinski definition) is 5. The van der Waals surface area contributed by atoms with E-state index in [-0.39, 0.29) is 30.9 Å². The number of amides is 2. The molecule has 2 aromatic rings. The van der Waals surface area contributed by atoms with E-state index in [0.717, 1.165) is 0 Å². The lowest BCUT2D eigenvalue weighted by molar-refractivity contribution is -0.121. The van der Waals surface area contributed by atoms with Gasteiger partial charge in [0, 0.05) is 13.0 Å². The maximum Gasteiger partial charge on any atom is 0.255 e. The molecular weight excluding hydrogens is 348 g/mol. The smallest absolute Gasteiger partial charge is 0.255 e. The molecule has 1 aliphatic rings. The van der Waals surface area contributed by atoms with Crippen LogP contribution in [0, 0.1) is 0 Å². The van der Waals surface area contributed by atoms with Crippen LogP contribution in [0.5, 0.6) is 17.2 Å². The van der Waals surface area contributed by atoms with Gasteiger partial charge in [0.15, 0.2) is 11.5 Å². The second-order valence-electron chi connectivity index (χ2n) is 6.01. The highest BCUT2D eigenvalue weighted by Gasteiger charge is 2.21. The van der Waals surface area contributed by atoms with Crippen molar-refractivity contribution in [1.29, 1.82) is 0 Å². The van der Waals surface area contributed by atoms with Crippen molar-refractivity contribution in [2.75, 3.05) is 26.8 Å². The lowest BCUT2D eigenvalue weighted by Gasteiger charge is -2.26. The number of nitrogens with one attached hydrogen (secondary N) is 2. The zero-order chi connectivity index (χ0) is 19.1. The molecule has 0 unspecified atom stereocenters.